The lowest BCUT2D eigenvalue weighted by atomic mass is 10.2. The summed E-state index contributed by atoms with van der Waals surface area (Å²) in [6.45, 7) is 2.94. The first kappa shape index (κ1) is 18.0. The van der Waals surface area contributed by atoms with Crippen LogP contribution in [0.25, 0.3) is 0 Å². The third-order valence-electron chi connectivity index (χ3n) is 3.22. The highest BCUT2D eigenvalue weighted by atomic mass is 16.5. The summed E-state index contributed by atoms with van der Waals surface area (Å²) in [7, 11) is 3.20. The zero-order valence-electron chi connectivity index (χ0n) is 13.4. The molecule has 2 amide bonds. The maximum absolute atomic E-state index is 12.0. The number of benzene rings is 1. The van der Waals surface area contributed by atoms with E-state index in [1.807, 2.05) is 24.3 Å². The number of nitrogens with one attached hydrogen (secondary N) is 1. The van der Waals surface area contributed by atoms with E-state index in [0.29, 0.717) is 26.1 Å². The summed E-state index contributed by atoms with van der Waals surface area (Å²) in [5.74, 6) is 0.411. The molecule has 0 aliphatic rings. The summed E-state index contributed by atoms with van der Waals surface area (Å²) < 4.78 is 10.2. The van der Waals surface area contributed by atoms with E-state index < -0.39 is 0 Å². The van der Waals surface area contributed by atoms with Crippen molar-refractivity contribution in [3.05, 3.63) is 29.8 Å². The van der Waals surface area contributed by atoms with Crippen LogP contribution >= 0.6 is 0 Å². The lowest BCUT2D eigenvalue weighted by molar-refractivity contribution is -0.134. The van der Waals surface area contributed by atoms with Crippen molar-refractivity contribution in [1.82, 2.24) is 10.2 Å². The fourth-order valence-electron chi connectivity index (χ4n) is 2.02. The van der Waals surface area contributed by atoms with Crippen molar-refractivity contribution in [2.45, 2.75) is 19.9 Å². The maximum Gasteiger partial charge on any atom is 0.239 e. The highest BCUT2D eigenvalue weighted by Gasteiger charge is 2.13. The van der Waals surface area contributed by atoms with Crippen LogP contribution in [0.5, 0.6) is 5.75 Å². The first-order chi connectivity index (χ1) is 10.6. The van der Waals surface area contributed by atoms with Gasteiger partial charge in [0.05, 0.1) is 13.7 Å². The number of hydrogen-bond donors (Lipinski definition) is 1. The van der Waals surface area contributed by atoms with Crippen molar-refractivity contribution in [1.29, 1.82) is 0 Å². The zero-order chi connectivity index (χ0) is 16.4. The molecule has 1 aromatic rings. The highest BCUT2D eigenvalue weighted by molar-refractivity contribution is 5.83. The molecule has 0 saturated heterocycles. The summed E-state index contributed by atoms with van der Waals surface area (Å²) in [5, 5.41) is 2.81. The molecule has 0 unspecified atom stereocenters. The monoisotopic (exact) mass is 308 g/mol. The average molecular weight is 308 g/mol. The van der Waals surface area contributed by atoms with E-state index in [0.717, 1.165) is 11.3 Å². The molecule has 0 aromatic heterocycles. The van der Waals surface area contributed by atoms with Crippen LogP contribution in [0.4, 0.5) is 0 Å². The molecule has 122 valence electrons. The largest absolute Gasteiger partial charge is 0.496 e. The fourth-order valence-corrected chi connectivity index (χ4v) is 2.02. The van der Waals surface area contributed by atoms with Gasteiger partial charge in [0.15, 0.2) is 0 Å². The quantitative estimate of drug-likeness (QED) is 0.696. The van der Waals surface area contributed by atoms with Crippen molar-refractivity contribution in [3.63, 3.8) is 0 Å². The Morgan fingerprint density at radius 2 is 1.95 bits per heavy atom. The first-order valence-corrected chi connectivity index (χ1v) is 7.21. The van der Waals surface area contributed by atoms with Gasteiger partial charge in [-0.05, 0) is 12.5 Å². The Balaban J connectivity index is 2.48. The van der Waals surface area contributed by atoms with Gasteiger partial charge in [-0.25, -0.2) is 0 Å². The number of hydrogen-bond acceptors (Lipinski definition) is 4. The van der Waals surface area contributed by atoms with E-state index in [9.17, 15) is 9.59 Å². The molecule has 0 spiro atoms. The number of amides is 2. The Labute approximate surface area is 131 Å². The zero-order valence-corrected chi connectivity index (χ0v) is 13.4. The molecule has 0 fully saturated rings. The molecule has 6 heteroatoms. The molecular weight excluding hydrogens is 284 g/mol. The molecule has 0 aliphatic heterocycles. The maximum atomic E-state index is 12.0. The van der Waals surface area contributed by atoms with Crippen LogP contribution in [0, 0.1) is 0 Å². The molecular formula is C16H24N2O4. The van der Waals surface area contributed by atoms with Crippen molar-refractivity contribution in [2.75, 3.05) is 33.9 Å². The molecule has 0 atom stereocenters. The van der Waals surface area contributed by atoms with Crippen LogP contribution in [-0.4, -0.2) is 50.6 Å². The Kier molecular flexibility index (Phi) is 7.99. The topological polar surface area (TPSA) is 67.9 Å². The summed E-state index contributed by atoms with van der Waals surface area (Å²) in [4.78, 5) is 25.0. The fraction of sp³-hybridized carbons (Fsp3) is 0.500. The Morgan fingerprint density at radius 1 is 1.23 bits per heavy atom. The second-order valence-corrected chi connectivity index (χ2v) is 4.88. The smallest absolute Gasteiger partial charge is 0.239 e. The summed E-state index contributed by atoms with van der Waals surface area (Å²) in [6, 6.07) is 7.49. The van der Waals surface area contributed by atoms with Crippen LogP contribution in [0.1, 0.15) is 18.9 Å². The third kappa shape index (κ3) is 6.13. The predicted molar refractivity (Wildman–Crippen MR) is 83.6 cm³/mol. The Bertz CT molecular complexity index is 491. The van der Waals surface area contributed by atoms with Gasteiger partial charge in [0.1, 0.15) is 5.75 Å². The lowest BCUT2D eigenvalue weighted by Gasteiger charge is -2.20. The molecule has 0 saturated carbocycles. The van der Waals surface area contributed by atoms with E-state index in [4.69, 9.17) is 9.47 Å². The van der Waals surface area contributed by atoms with E-state index in [1.54, 1.807) is 14.2 Å². The normalized spacial score (nSPS) is 10.1. The van der Waals surface area contributed by atoms with Crippen LogP contribution in [0.2, 0.25) is 0 Å². The number of para-hydroxylation sites is 1. The molecule has 0 aliphatic carbocycles. The number of carbonyl (C=O) groups is 2. The number of rotatable bonds is 9. The van der Waals surface area contributed by atoms with Crippen molar-refractivity contribution in [3.8, 4) is 5.75 Å². The molecule has 0 bridgehead atoms. The molecule has 0 radical (unpaired) electrons. The van der Waals surface area contributed by atoms with Gasteiger partial charge >= 0.3 is 0 Å². The van der Waals surface area contributed by atoms with Gasteiger partial charge in [0.25, 0.3) is 0 Å². The van der Waals surface area contributed by atoms with Gasteiger partial charge in [0, 0.05) is 39.3 Å². The summed E-state index contributed by atoms with van der Waals surface area (Å²) in [5.41, 5.74) is 0.895. The van der Waals surface area contributed by atoms with E-state index >= 15 is 0 Å². The molecule has 1 N–H and O–H groups in total. The average Bonchev–Trinajstić information content (AvgIpc) is 2.52. The molecule has 1 aromatic carbocycles. The second kappa shape index (κ2) is 9.78. The number of nitrogens with zero attached hydrogens (tertiary/aromatic N) is 1. The summed E-state index contributed by atoms with van der Waals surface area (Å²) in [6.07, 6.45) is 0.704. The van der Waals surface area contributed by atoms with Crippen LogP contribution in [0.3, 0.4) is 0 Å². The van der Waals surface area contributed by atoms with Crippen LogP contribution < -0.4 is 10.1 Å². The van der Waals surface area contributed by atoms with Crippen molar-refractivity contribution < 1.29 is 19.1 Å². The minimum atomic E-state index is -0.196. The Hall–Kier alpha value is -2.08. The van der Waals surface area contributed by atoms with Crippen LogP contribution in [-0.2, 0) is 20.9 Å². The van der Waals surface area contributed by atoms with E-state index in [2.05, 4.69) is 5.32 Å². The van der Waals surface area contributed by atoms with Gasteiger partial charge in [-0.3, -0.25) is 9.59 Å². The molecule has 0 heterocycles. The molecule has 22 heavy (non-hydrogen) atoms. The second-order valence-electron chi connectivity index (χ2n) is 4.88. The van der Waals surface area contributed by atoms with Gasteiger partial charge in [-0.1, -0.05) is 18.2 Å². The Morgan fingerprint density at radius 3 is 2.59 bits per heavy atom. The number of ether oxygens (including phenoxy) is 2. The van der Waals surface area contributed by atoms with Crippen molar-refractivity contribution in [2.24, 2.45) is 0 Å². The van der Waals surface area contributed by atoms with E-state index in [1.165, 1.54) is 11.8 Å². The van der Waals surface area contributed by atoms with Crippen molar-refractivity contribution >= 4 is 11.8 Å². The lowest BCUT2D eigenvalue weighted by Crippen LogP contribution is -2.40. The number of carbonyl (C=O) groups excluding carboxylic acids is 2. The van der Waals surface area contributed by atoms with Gasteiger partial charge in [-0.15, -0.1) is 0 Å². The third-order valence-corrected chi connectivity index (χ3v) is 3.22. The van der Waals surface area contributed by atoms with Gasteiger partial charge in [0.2, 0.25) is 11.8 Å². The molecule has 1 rings (SSSR count). The first-order valence-electron chi connectivity index (χ1n) is 7.21. The SMILES string of the molecule is COCCCN(CC(=O)NCc1ccccc1OC)C(C)=O. The highest BCUT2D eigenvalue weighted by Crippen LogP contribution is 2.16. The summed E-state index contributed by atoms with van der Waals surface area (Å²) >= 11 is 0. The standard InChI is InChI=1S/C16H24N2O4/c1-13(19)18(9-6-10-21-2)12-16(20)17-11-14-7-4-5-8-15(14)22-3/h4-5,7-8H,6,9-12H2,1-3H3,(H,17,20). The minimum Gasteiger partial charge on any atom is -0.496 e. The van der Waals surface area contributed by atoms with Gasteiger partial charge in [-0.2, -0.15) is 0 Å². The predicted octanol–water partition coefficient (Wildman–Crippen LogP) is 1.20. The minimum absolute atomic E-state index is 0.0498. The van der Waals surface area contributed by atoms with Gasteiger partial charge < -0.3 is 19.7 Å². The van der Waals surface area contributed by atoms with E-state index in [-0.39, 0.29) is 18.4 Å². The number of methoxy groups -OCH3 is 2. The molecule has 6 nitrogen and oxygen atoms in total. The van der Waals surface area contributed by atoms with Crippen LogP contribution in [0.15, 0.2) is 24.3 Å².